The van der Waals surface area contributed by atoms with Crippen LogP contribution < -0.4 is 5.32 Å². The lowest BCUT2D eigenvalue weighted by molar-refractivity contribution is -0.136. The molecule has 3 amide bonds. The molecule has 170 valence electrons. The average molecular weight is 477 g/mol. The molecule has 0 unspecified atom stereocenters. The lowest BCUT2D eigenvalue weighted by Gasteiger charge is -2.35. The van der Waals surface area contributed by atoms with E-state index in [9.17, 15) is 14.4 Å². The molecule has 32 heavy (non-hydrogen) atoms. The number of hydrogen-bond acceptors (Lipinski definition) is 4. The van der Waals surface area contributed by atoms with Crippen LogP contribution in [0, 0.1) is 0 Å². The van der Waals surface area contributed by atoms with Gasteiger partial charge >= 0.3 is 0 Å². The van der Waals surface area contributed by atoms with Crippen LogP contribution in [0.4, 0.5) is 5.69 Å². The number of carbonyl (C=O) groups excluding carboxylic acids is 3. The Balaban J connectivity index is 1.41. The third-order valence-corrected chi connectivity index (χ3v) is 6.04. The molecule has 0 radical (unpaired) electrons. The SMILES string of the molecule is CN(CC(=O)Nc1ccccc1Cl)C(=O)CN1CCN(C(=O)Cc2ccccc2Cl)CC1. The first-order chi connectivity index (χ1) is 15.3. The van der Waals surface area contributed by atoms with Crippen LogP contribution in [-0.4, -0.2) is 78.7 Å². The summed E-state index contributed by atoms with van der Waals surface area (Å²) in [6.45, 7) is 2.42. The van der Waals surface area contributed by atoms with Crippen LogP contribution in [0.3, 0.4) is 0 Å². The van der Waals surface area contributed by atoms with Crippen LogP contribution in [-0.2, 0) is 20.8 Å². The predicted octanol–water partition coefficient (Wildman–Crippen LogP) is 2.78. The molecule has 0 atom stereocenters. The molecule has 1 aliphatic rings. The van der Waals surface area contributed by atoms with E-state index in [1.807, 2.05) is 23.1 Å². The maximum atomic E-state index is 12.6. The van der Waals surface area contributed by atoms with Gasteiger partial charge in [-0.15, -0.1) is 0 Å². The van der Waals surface area contributed by atoms with E-state index in [2.05, 4.69) is 5.32 Å². The van der Waals surface area contributed by atoms with E-state index in [4.69, 9.17) is 23.2 Å². The van der Waals surface area contributed by atoms with Gasteiger partial charge in [0.05, 0.1) is 30.2 Å². The monoisotopic (exact) mass is 476 g/mol. The number of para-hydroxylation sites is 1. The van der Waals surface area contributed by atoms with Crippen LogP contribution >= 0.6 is 23.2 Å². The highest BCUT2D eigenvalue weighted by Crippen LogP contribution is 2.20. The number of likely N-dealkylation sites (N-methyl/N-ethyl adjacent to an activating group) is 1. The van der Waals surface area contributed by atoms with Crippen LogP contribution in [0.1, 0.15) is 5.56 Å². The Bertz CT molecular complexity index is 977. The fraction of sp³-hybridized carbons (Fsp3) is 0.348. The van der Waals surface area contributed by atoms with Gasteiger partial charge in [0.1, 0.15) is 0 Å². The first-order valence-corrected chi connectivity index (χ1v) is 11.1. The molecule has 0 aromatic heterocycles. The van der Waals surface area contributed by atoms with Gasteiger partial charge < -0.3 is 15.1 Å². The van der Waals surface area contributed by atoms with Crippen LogP contribution in [0.5, 0.6) is 0 Å². The van der Waals surface area contributed by atoms with Gasteiger partial charge in [-0.2, -0.15) is 0 Å². The zero-order chi connectivity index (χ0) is 23.1. The van der Waals surface area contributed by atoms with Crippen molar-refractivity contribution in [2.24, 2.45) is 0 Å². The molecule has 3 rings (SSSR count). The van der Waals surface area contributed by atoms with Crippen molar-refractivity contribution < 1.29 is 14.4 Å². The van der Waals surface area contributed by atoms with Crippen molar-refractivity contribution in [2.45, 2.75) is 6.42 Å². The van der Waals surface area contributed by atoms with Crippen LogP contribution in [0.25, 0.3) is 0 Å². The minimum Gasteiger partial charge on any atom is -0.340 e. The number of halogens is 2. The van der Waals surface area contributed by atoms with Gasteiger partial charge in [-0.05, 0) is 23.8 Å². The molecular weight excluding hydrogens is 451 g/mol. The highest BCUT2D eigenvalue weighted by Gasteiger charge is 2.24. The lowest BCUT2D eigenvalue weighted by atomic mass is 10.1. The van der Waals surface area contributed by atoms with Crippen molar-refractivity contribution in [3.8, 4) is 0 Å². The van der Waals surface area contributed by atoms with E-state index < -0.39 is 0 Å². The number of benzene rings is 2. The normalized spacial score (nSPS) is 14.2. The Kier molecular flexibility index (Phi) is 8.50. The first kappa shape index (κ1) is 24.0. The predicted molar refractivity (Wildman–Crippen MR) is 126 cm³/mol. The number of nitrogens with zero attached hydrogens (tertiary/aromatic N) is 3. The van der Waals surface area contributed by atoms with Crippen molar-refractivity contribution >= 4 is 46.6 Å². The van der Waals surface area contributed by atoms with Gasteiger partial charge in [-0.25, -0.2) is 0 Å². The standard InChI is InChI=1S/C23H26Cl2N4O3/c1-27(15-21(30)26-20-9-5-4-8-19(20)25)23(32)16-28-10-12-29(13-11-28)22(31)14-17-6-2-3-7-18(17)24/h2-9H,10-16H2,1H3,(H,26,30). The molecule has 0 spiro atoms. The molecule has 0 bridgehead atoms. The first-order valence-electron chi connectivity index (χ1n) is 10.4. The van der Waals surface area contributed by atoms with Crippen LogP contribution in [0.2, 0.25) is 10.0 Å². The van der Waals surface area contributed by atoms with E-state index in [1.165, 1.54) is 4.90 Å². The Labute approximate surface area is 197 Å². The zero-order valence-electron chi connectivity index (χ0n) is 17.9. The van der Waals surface area contributed by atoms with Crippen molar-refractivity contribution in [1.29, 1.82) is 0 Å². The number of amides is 3. The summed E-state index contributed by atoms with van der Waals surface area (Å²) in [5.74, 6) is -0.448. The van der Waals surface area contributed by atoms with Gasteiger partial charge in [-0.3, -0.25) is 19.3 Å². The highest BCUT2D eigenvalue weighted by molar-refractivity contribution is 6.33. The molecule has 1 saturated heterocycles. The quantitative estimate of drug-likeness (QED) is 0.666. The largest absolute Gasteiger partial charge is 0.340 e. The summed E-state index contributed by atoms with van der Waals surface area (Å²) >= 11 is 12.2. The smallest absolute Gasteiger partial charge is 0.244 e. The molecule has 2 aromatic rings. The fourth-order valence-electron chi connectivity index (χ4n) is 3.44. The van der Waals surface area contributed by atoms with E-state index in [-0.39, 0.29) is 37.2 Å². The van der Waals surface area contributed by atoms with Crippen molar-refractivity contribution in [3.63, 3.8) is 0 Å². The van der Waals surface area contributed by atoms with E-state index >= 15 is 0 Å². The number of nitrogens with one attached hydrogen (secondary N) is 1. The molecule has 1 N–H and O–H groups in total. The Morgan fingerprint density at radius 1 is 0.938 bits per heavy atom. The summed E-state index contributed by atoms with van der Waals surface area (Å²) in [6, 6.07) is 14.3. The number of carbonyl (C=O) groups is 3. The molecule has 2 aromatic carbocycles. The van der Waals surface area contributed by atoms with Gasteiger partial charge in [-0.1, -0.05) is 53.5 Å². The second kappa shape index (κ2) is 11.3. The average Bonchev–Trinajstić information content (AvgIpc) is 2.77. The minimum absolute atomic E-state index is 0.0254. The minimum atomic E-state index is -0.316. The maximum absolute atomic E-state index is 12.6. The highest BCUT2D eigenvalue weighted by atomic mass is 35.5. The summed E-state index contributed by atoms with van der Waals surface area (Å²) < 4.78 is 0. The summed E-state index contributed by atoms with van der Waals surface area (Å²) in [4.78, 5) is 42.5. The third kappa shape index (κ3) is 6.69. The number of rotatable bonds is 7. The van der Waals surface area contributed by atoms with Crippen molar-refractivity contribution in [3.05, 3.63) is 64.1 Å². The molecule has 9 heteroatoms. The Morgan fingerprint density at radius 2 is 1.56 bits per heavy atom. The molecule has 1 heterocycles. The fourth-order valence-corrected chi connectivity index (χ4v) is 3.83. The zero-order valence-corrected chi connectivity index (χ0v) is 19.4. The molecular formula is C23H26Cl2N4O3. The summed E-state index contributed by atoms with van der Waals surface area (Å²) in [7, 11) is 1.60. The van der Waals surface area contributed by atoms with Gasteiger partial charge in [0, 0.05) is 38.2 Å². The maximum Gasteiger partial charge on any atom is 0.244 e. The molecule has 1 aliphatic heterocycles. The second-order valence-electron chi connectivity index (χ2n) is 7.70. The summed E-state index contributed by atoms with van der Waals surface area (Å²) in [5.41, 5.74) is 1.33. The number of anilines is 1. The van der Waals surface area contributed by atoms with E-state index in [1.54, 1.807) is 42.3 Å². The number of hydrogen-bond donors (Lipinski definition) is 1. The number of piperazine rings is 1. The molecule has 7 nitrogen and oxygen atoms in total. The summed E-state index contributed by atoms with van der Waals surface area (Å²) in [5, 5.41) is 3.74. The molecule has 1 fully saturated rings. The van der Waals surface area contributed by atoms with Crippen molar-refractivity contribution in [1.82, 2.24) is 14.7 Å². The summed E-state index contributed by atoms with van der Waals surface area (Å²) in [6.07, 6.45) is 0.266. The van der Waals surface area contributed by atoms with Gasteiger partial charge in [0.25, 0.3) is 0 Å². The van der Waals surface area contributed by atoms with E-state index in [0.717, 1.165) is 5.56 Å². The van der Waals surface area contributed by atoms with E-state index in [0.29, 0.717) is 41.9 Å². The second-order valence-corrected chi connectivity index (χ2v) is 8.52. The van der Waals surface area contributed by atoms with Gasteiger partial charge in [0.15, 0.2) is 0 Å². The lowest BCUT2D eigenvalue weighted by Crippen LogP contribution is -2.52. The van der Waals surface area contributed by atoms with Crippen LogP contribution in [0.15, 0.2) is 48.5 Å². The topological polar surface area (TPSA) is 73.0 Å². The Hall–Kier alpha value is -2.61. The third-order valence-electron chi connectivity index (χ3n) is 5.34. The van der Waals surface area contributed by atoms with Crippen molar-refractivity contribution in [2.75, 3.05) is 51.6 Å². The Morgan fingerprint density at radius 3 is 2.22 bits per heavy atom. The molecule has 0 saturated carbocycles. The molecule has 0 aliphatic carbocycles. The van der Waals surface area contributed by atoms with Gasteiger partial charge in [0.2, 0.25) is 17.7 Å².